The van der Waals surface area contributed by atoms with Crippen molar-refractivity contribution in [3.63, 3.8) is 0 Å². The monoisotopic (exact) mass is 274 g/mol. The van der Waals surface area contributed by atoms with E-state index in [0.717, 1.165) is 49.9 Å². The first-order valence-corrected chi connectivity index (χ1v) is 7.65. The van der Waals surface area contributed by atoms with Gasteiger partial charge >= 0.3 is 0 Å². The Morgan fingerprint density at radius 1 is 1.40 bits per heavy atom. The average Bonchev–Trinajstić information content (AvgIpc) is 3.10. The maximum atomic E-state index is 9.87. The highest BCUT2D eigenvalue weighted by Crippen LogP contribution is 2.49. The molecule has 1 aromatic heterocycles. The fourth-order valence-corrected chi connectivity index (χ4v) is 4.37. The summed E-state index contributed by atoms with van der Waals surface area (Å²) < 4.78 is 0. The van der Waals surface area contributed by atoms with E-state index in [0.29, 0.717) is 12.5 Å². The van der Waals surface area contributed by atoms with Gasteiger partial charge in [0.1, 0.15) is 11.6 Å². The number of hydrogen-bond acceptors (Lipinski definition) is 5. The van der Waals surface area contributed by atoms with Gasteiger partial charge in [-0.1, -0.05) is 6.42 Å². The molecule has 1 saturated heterocycles. The molecule has 1 aliphatic carbocycles. The van der Waals surface area contributed by atoms with Gasteiger partial charge in [-0.3, -0.25) is 0 Å². The van der Waals surface area contributed by atoms with E-state index >= 15 is 0 Å². The number of aryl methyl sites for hydroxylation is 1. The molecule has 2 atom stereocenters. The van der Waals surface area contributed by atoms with Crippen LogP contribution in [0.3, 0.4) is 0 Å². The third-order valence-corrected chi connectivity index (χ3v) is 5.43. The SMILES string of the molecule is Cc1nc2c(c(N3C[C@H]4CCC[C@@]4(CO)C3)n1)CNC2. The highest BCUT2D eigenvalue weighted by Gasteiger charge is 2.49. The topological polar surface area (TPSA) is 61.3 Å². The van der Waals surface area contributed by atoms with Crippen molar-refractivity contribution in [2.45, 2.75) is 39.3 Å². The normalized spacial score (nSPS) is 31.7. The van der Waals surface area contributed by atoms with Gasteiger partial charge in [-0.05, 0) is 25.7 Å². The summed E-state index contributed by atoms with van der Waals surface area (Å²) in [5.41, 5.74) is 2.55. The van der Waals surface area contributed by atoms with E-state index < -0.39 is 0 Å². The molecule has 20 heavy (non-hydrogen) atoms. The summed E-state index contributed by atoms with van der Waals surface area (Å²) in [7, 11) is 0. The summed E-state index contributed by atoms with van der Waals surface area (Å²) in [4.78, 5) is 11.7. The highest BCUT2D eigenvalue weighted by atomic mass is 16.3. The van der Waals surface area contributed by atoms with E-state index in [-0.39, 0.29) is 5.41 Å². The second-order valence-corrected chi connectivity index (χ2v) is 6.61. The molecule has 2 N–H and O–H groups in total. The molecule has 108 valence electrons. The lowest BCUT2D eigenvalue weighted by Gasteiger charge is -2.26. The van der Waals surface area contributed by atoms with Crippen LogP contribution in [-0.4, -0.2) is 34.8 Å². The van der Waals surface area contributed by atoms with Crippen LogP contribution < -0.4 is 10.2 Å². The van der Waals surface area contributed by atoms with Crippen LogP contribution in [0.15, 0.2) is 0 Å². The van der Waals surface area contributed by atoms with Crippen LogP contribution >= 0.6 is 0 Å². The summed E-state index contributed by atoms with van der Waals surface area (Å²) in [6.07, 6.45) is 3.68. The first-order valence-electron chi connectivity index (χ1n) is 7.65. The molecular formula is C15H22N4O. The minimum Gasteiger partial charge on any atom is -0.396 e. The molecule has 5 nitrogen and oxygen atoms in total. The van der Waals surface area contributed by atoms with E-state index in [1.54, 1.807) is 0 Å². The van der Waals surface area contributed by atoms with E-state index in [1.807, 2.05) is 6.92 Å². The van der Waals surface area contributed by atoms with E-state index in [9.17, 15) is 5.11 Å². The second-order valence-electron chi connectivity index (χ2n) is 6.61. The maximum Gasteiger partial charge on any atom is 0.137 e. The fourth-order valence-electron chi connectivity index (χ4n) is 4.37. The molecule has 0 spiro atoms. The predicted molar refractivity (Wildman–Crippen MR) is 76.4 cm³/mol. The molecule has 1 saturated carbocycles. The molecule has 0 unspecified atom stereocenters. The molecule has 1 aromatic rings. The lowest BCUT2D eigenvalue weighted by Crippen LogP contribution is -2.31. The largest absolute Gasteiger partial charge is 0.396 e. The smallest absolute Gasteiger partial charge is 0.137 e. The Bertz CT molecular complexity index is 547. The lowest BCUT2D eigenvalue weighted by atomic mass is 9.82. The fraction of sp³-hybridized carbons (Fsp3) is 0.733. The van der Waals surface area contributed by atoms with Crippen molar-refractivity contribution in [3.8, 4) is 0 Å². The Hall–Kier alpha value is -1.20. The van der Waals surface area contributed by atoms with Crippen LogP contribution in [-0.2, 0) is 13.1 Å². The van der Waals surface area contributed by atoms with Crippen molar-refractivity contribution in [1.29, 1.82) is 0 Å². The number of fused-ring (bicyclic) bond motifs is 2. The second kappa shape index (κ2) is 4.40. The van der Waals surface area contributed by atoms with Crippen LogP contribution in [0.2, 0.25) is 0 Å². The zero-order chi connectivity index (χ0) is 13.7. The minimum absolute atomic E-state index is 0.123. The predicted octanol–water partition coefficient (Wildman–Crippen LogP) is 0.987. The Kier molecular flexibility index (Phi) is 2.76. The zero-order valence-electron chi connectivity index (χ0n) is 12.0. The van der Waals surface area contributed by atoms with Gasteiger partial charge in [0.25, 0.3) is 0 Å². The molecule has 0 radical (unpaired) electrons. The molecule has 4 rings (SSSR count). The van der Waals surface area contributed by atoms with Gasteiger partial charge < -0.3 is 15.3 Å². The lowest BCUT2D eigenvalue weighted by molar-refractivity contribution is 0.121. The van der Waals surface area contributed by atoms with Crippen molar-refractivity contribution in [3.05, 3.63) is 17.1 Å². The molecule has 0 aromatic carbocycles. The van der Waals surface area contributed by atoms with Crippen molar-refractivity contribution < 1.29 is 5.11 Å². The summed E-state index contributed by atoms with van der Waals surface area (Å²) in [5.74, 6) is 2.60. The molecule has 0 bridgehead atoms. The Balaban J connectivity index is 1.70. The number of aromatic nitrogens is 2. The molecule has 3 heterocycles. The molecular weight excluding hydrogens is 252 g/mol. The van der Waals surface area contributed by atoms with Crippen molar-refractivity contribution in [1.82, 2.24) is 15.3 Å². The van der Waals surface area contributed by atoms with Crippen molar-refractivity contribution >= 4 is 5.82 Å². The van der Waals surface area contributed by atoms with Crippen LogP contribution in [0.25, 0.3) is 0 Å². The minimum atomic E-state index is 0.123. The third-order valence-electron chi connectivity index (χ3n) is 5.43. The molecule has 2 aliphatic heterocycles. The maximum absolute atomic E-state index is 9.87. The quantitative estimate of drug-likeness (QED) is 0.842. The molecule has 2 fully saturated rings. The van der Waals surface area contributed by atoms with Crippen LogP contribution in [0.4, 0.5) is 5.82 Å². The summed E-state index contributed by atoms with van der Waals surface area (Å²) >= 11 is 0. The van der Waals surface area contributed by atoms with Gasteiger partial charge in [-0.25, -0.2) is 9.97 Å². The molecule has 3 aliphatic rings. The van der Waals surface area contributed by atoms with Gasteiger partial charge in [0, 0.05) is 37.2 Å². The number of nitrogens with one attached hydrogen (secondary N) is 1. The number of aliphatic hydroxyl groups excluding tert-OH is 1. The Morgan fingerprint density at radius 2 is 2.30 bits per heavy atom. The van der Waals surface area contributed by atoms with E-state index in [1.165, 1.54) is 18.4 Å². The number of aliphatic hydroxyl groups is 1. The number of rotatable bonds is 2. The van der Waals surface area contributed by atoms with Crippen molar-refractivity contribution in [2.75, 3.05) is 24.6 Å². The number of nitrogens with zero attached hydrogens (tertiary/aromatic N) is 3. The van der Waals surface area contributed by atoms with Gasteiger partial charge in [0.15, 0.2) is 0 Å². The van der Waals surface area contributed by atoms with Gasteiger partial charge in [-0.2, -0.15) is 0 Å². The van der Waals surface area contributed by atoms with E-state index in [4.69, 9.17) is 4.98 Å². The summed E-state index contributed by atoms with van der Waals surface area (Å²) in [6, 6.07) is 0. The van der Waals surface area contributed by atoms with Crippen LogP contribution in [0, 0.1) is 18.3 Å². The first kappa shape index (κ1) is 12.5. The van der Waals surface area contributed by atoms with Crippen molar-refractivity contribution in [2.24, 2.45) is 11.3 Å². The van der Waals surface area contributed by atoms with Crippen LogP contribution in [0.5, 0.6) is 0 Å². The Labute approximate surface area is 119 Å². The van der Waals surface area contributed by atoms with Gasteiger partial charge in [0.2, 0.25) is 0 Å². The summed E-state index contributed by atoms with van der Waals surface area (Å²) in [5, 5.41) is 13.2. The number of hydrogen-bond donors (Lipinski definition) is 2. The third kappa shape index (κ3) is 1.69. The number of anilines is 1. The first-order chi connectivity index (χ1) is 9.72. The standard InChI is InChI=1S/C15H22N4O/c1-10-17-13-6-16-5-12(13)14(18-10)19-7-11-3-2-4-15(11,8-19)9-20/h11,16,20H,2-9H2,1H3/t11-,15+/m1/s1. The Morgan fingerprint density at radius 3 is 3.10 bits per heavy atom. The average molecular weight is 274 g/mol. The summed E-state index contributed by atoms with van der Waals surface area (Å²) in [6.45, 7) is 6.02. The van der Waals surface area contributed by atoms with E-state index in [2.05, 4.69) is 15.2 Å². The van der Waals surface area contributed by atoms with Gasteiger partial charge in [0.05, 0.1) is 12.3 Å². The molecule has 5 heteroatoms. The highest BCUT2D eigenvalue weighted by molar-refractivity contribution is 5.52. The molecule has 0 amide bonds. The van der Waals surface area contributed by atoms with Gasteiger partial charge in [-0.15, -0.1) is 0 Å². The zero-order valence-corrected chi connectivity index (χ0v) is 12.0. The van der Waals surface area contributed by atoms with Crippen LogP contribution in [0.1, 0.15) is 36.3 Å².